The third-order valence-electron chi connectivity index (χ3n) is 5.79. The predicted molar refractivity (Wildman–Crippen MR) is 119 cm³/mol. The van der Waals surface area contributed by atoms with Crippen LogP contribution in [0.4, 0.5) is 10.5 Å². The van der Waals surface area contributed by atoms with Gasteiger partial charge in [-0.1, -0.05) is 12.1 Å². The number of amides is 2. The molecule has 0 aromatic heterocycles. The minimum atomic E-state index is -0.0370. The Bertz CT molecular complexity index is 712. The molecule has 3 rings (SSSR count). The molecule has 1 unspecified atom stereocenters. The molecule has 8 heteroatoms. The largest absolute Gasteiger partial charge is 0.396 e. The summed E-state index contributed by atoms with van der Waals surface area (Å²) in [6.07, 6.45) is 3.82. The van der Waals surface area contributed by atoms with E-state index in [0.717, 1.165) is 69.1 Å². The number of aliphatic imine (C=N–C) groups is 1. The van der Waals surface area contributed by atoms with E-state index in [1.807, 2.05) is 36.1 Å². The fourth-order valence-electron chi connectivity index (χ4n) is 3.97. The second kappa shape index (κ2) is 11.2. The van der Waals surface area contributed by atoms with Crippen molar-refractivity contribution in [2.75, 3.05) is 51.3 Å². The van der Waals surface area contributed by atoms with Gasteiger partial charge in [-0.05, 0) is 50.3 Å². The first-order valence-electron chi connectivity index (χ1n) is 11.0. The number of carbonyl (C=O) groups is 1. The molecule has 1 atom stereocenters. The molecule has 2 aliphatic heterocycles. The number of urea groups is 1. The smallest absolute Gasteiger partial charge is 0.321 e. The summed E-state index contributed by atoms with van der Waals surface area (Å²) in [4.78, 5) is 18.9. The van der Waals surface area contributed by atoms with Gasteiger partial charge in [0.2, 0.25) is 0 Å². The maximum Gasteiger partial charge on any atom is 0.321 e. The summed E-state index contributed by atoms with van der Waals surface area (Å²) in [5, 5.41) is 19.1. The molecule has 0 spiro atoms. The summed E-state index contributed by atoms with van der Waals surface area (Å²) in [6, 6.07) is 7.80. The molecule has 0 aliphatic carbocycles. The van der Waals surface area contributed by atoms with Crippen molar-refractivity contribution in [1.29, 1.82) is 0 Å². The van der Waals surface area contributed by atoms with Crippen LogP contribution in [0, 0.1) is 5.41 Å². The number of hydrogen-bond acceptors (Lipinski definition) is 4. The highest BCUT2D eigenvalue weighted by Gasteiger charge is 2.34. The molecule has 2 aliphatic rings. The van der Waals surface area contributed by atoms with Gasteiger partial charge < -0.3 is 30.7 Å². The molecule has 2 saturated heterocycles. The van der Waals surface area contributed by atoms with Crippen molar-refractivity contribution >= 4 is 17.7 Å². The second-order valence-electron chi connectivity index (χ2n) is 8.15. The fourth-order valence-corrected chi connectivity index (χ4v) is 3.97. The Hall–Kier alpha value is -2.32. The molecule has 0 radical (unpaired) electrons. The van der Waals surface area contributed by atoms with Gasteiger partial charge in [0, 0.05) is 50.5 Å². The van der Waals surface area contributed by atoms with Crippen LogP contribution >= 0.6 is 0 Å². The van der Waals surface area contributed by atoms with Gasteiger partial charge in [-0.25, -0.2) is 9.79 Å². The van der Waals surface area contributed by atoms with E-state index >= 15 is 0 Å². The molecule has 1 aromatic carbocycles. The zero-order valence-corrected chi connectivity index (χ0v) is 18.0. The van der Waals surface area contributed by atoms with E-state index in [1.165, 1.54) is 0 Å². The zero-order valence-electron chi connectivity index (χ0n) is 18.0. The van der Waals surface area contributed by atoms with E-state index in [-0.39, 0.29) is 18.1 Å². The summed E-state index contributed by atoms with van der Waals surface area (Å²) < 4.78 is 5.57. The van der Waals surface area contributed by atoms with Gasteiger partial charge in [-0.2, -0.15) is 0 Å². The molecule has 30 heavy (non-hydrogen) atoms. The van der Waals surface area contributed by atoms with Crippen molar-refractivity contribution in [3.63, 3.8) is 0 Å². The van der Waals surface area contributed by atoms with Crippen molar-refractivity contribution < 1.29 is 14.6 Å². The summed E-state index contributed by atoms with van der Waals surface area (Å²) >= 11 is 0. The number of rotatable bonds is 8. The Morgan fingerprint density at radius 3 is 2.83 bits per heavy atom. The number of aliphatic hydroxyl groups excluding tert-OH is 1. The van der Waals surface area contributed by atoms with E-state index in [9.17, 15) is 9.90 Å². The Kier molecular flexibility index (Phi) is 8.33. The van der Waals surface area contributed by atoms with Crippen LogP contribution in [0.1, 0.15) is 38.2 Å². The summed E-state index contributed by atoms with van der Waals surface area (Å²) in [5.41, 5.74) is 1.79. The third-order valence-corrected chi connectivity index (χ3v) is 5.79. The fraction of sp³-hybridized carbons (Fsp3) is 0.636. The number of carbonyl (C=O) groups excluding carboxylic acids is 1. The Balaban J connectivity index is 1.57. The lowest BCUT2D eigenvalue weighted by Crippen LogP contribution is -2.44. The Labute approximate surface area is 179 Å². The van der Waals surface area contributed by atoms with Gasteiger partial charge in [-0.15, -0.1) is 0 Å². The van der Waals surface area contributed by atoms with E-state index in [0.29, 0.717) is 19.7 Å². The highest BCUT2D eigenvalue weighted by molar-refractivity contribution is 5.89. The number of nitrogens with one attached hydrogen (secondary N) is 3. The summed E-state index contributed by atoms with van der Waals surface area (Å²) in [6.45, 7) is 7.25. The number of hydrogen-bond donors (Lipinski definition) is 4. The highest BCUT2D eigenvalue weighted by Crippen LogP contribution is 2.31. The maximum atomic E-state index is 12.3. The normalized spacial score (nSPS) is 21.7. The zero-order chi connectivity index (χ0) is 21.2. The van der Waals surface area contributed by atoms with Crippen LogP contribution < -0.4 is 16.0 Å². The quantitative estimate of drug-likeness (QED) is 0.384. The molecule has 0 saturated carbocycles. The van der Waals surface area contributed by atoms with Crippen LogP contribution in [-0.4, -0.2) is 68.0 Å². The van der Waals surface area contributed by atoms with E-state index in [2.05, 4.69) is 16.0 Å². The van der Waals surface area contributed by atoms with Crippen LogP contribution in [0.5, 0.6) is 0 Å². The summed E-state index contributed by atoms with van der Waals surface area (Å²) in [5.74, 6) is 0.744. The van der Waals surface area contributed by atoms with Gasteiger partial charge >= 0.3 is 6.03 Å². The lowest BCUT2D eigenvalue weighted by atomic mass is 9.84. The molecule has 0 bridgehead atoms. The first-order chi connectivity index (χ1) is 14.6. The average Bonchev–Trinajstić information content (AvgIpc) is 3.44. The highest BCUT2D eigenvalue weighted by atomic mass is 16.5. The third kappa shape index (κ3) is 6.34. The molecule has 2 amide bonds. The van der Waals surface area contributed by atoms with E-state index in [1.54, 1.807) is 0 Å². The van der Waals surface area contributed by atoms with Gasteiger partial charge in [0.25, 0.3) is 0 Å². The van der Waals surface area contributed by atoms with Crippen LogP contribution in [0.3, 0.4) is 0 Å². The molecule has 2 fully saturated rings. The van der Waals surface area contributed by atoms with Gasteiger partial charge in [-0.3, -0.25) is 0 Å². The van der Waals surface area contributed by atoms with E-state index in [4.69, 9.17) is 9.73 Å². The summed E-state index contributed by atoms with van der Waals surface area (Å²) in [7, 11) is 0. The predicted octanol–water partition coefficient (Wildman–Crippen LogP) is 2.16. The van der Waals surface area contributed by atoms with Crippen molar-refractivity contribution in [3.8, 4) is 0 Å². The van der Waals surface area contributed by atoms with Crippen LogP contribution in [0.2, 0.25) is 0 Å². The van der Waals surface area contributed by atoms with Gasteiger partial charge in [0.1, 0.15) is 0 Å². The molecule has 166 valence electrons. The van der Waals surface area contributed by atoms with Crippen molar-refractivity contribution in [2.24, 2.45) is 10.4 Å². The average molecular weight is 418 g/mol. The lowest BCUT2D eigenvalue weighted by Gasteiger charge is -2.27. The van der Waals surface area contributed by atoms with Gasteiger partial charge in [0.15, 0.2) is 5.96 Å². The maximum absolute atomic E-state index is 12.3. The molecule has 1 aromatic rings. The molecular formula is C22H35N5O3. The number of nitrogens with zero attached hydrogens (tertiary/aromatic N) is 2. The first-order valence-corrected chi connectivity index (χ1v) is 11.0. The topological polar surface area (TPSA) is 98.2 Å². The number of benzene rings is 1. The minimum Gasteiger partial charge on any atom is -0.396 e. The number of ether oxygens (including phenoxy) is 1. The molecule has 2 heterocycles. The number of likely N-dealkylation sites (tertiary alicyclic amines) is 1. The Morgan fingerprint density at radius 2 is 2.13 bits per heavy atom. The lowest BCUT2D eigenvalue weighted by molar-refractivity contribution is 0.127. The number of guanidine groups is 1. The van der Waals surface area contributed by atoms with Crippen molar-refractivity contribution in [3.05, 3.63) is 29.8 Å². The number of aliphatic hydroxyl groups is 1. The monoisotopic (exact) mass is 417 g/mol. The standard InChI is InChI=1S/C22H35N5O3/c1-2-23-20(25-16-22(8-12-28)9-13-30-17-22)24-15-18-6-5-7-19(14-18)26-21(29)27-10-3-4-11-27/h5-7,14,28H,2-4,8-13,15-17H2,1H3,(H,26,29)(H2,23,24,25). The molecule has 8 nitrogen and oxygen atoms in total. The van der Waals surface area contributed by atoms with Crippen molar-refractivity contribution in [2.45, 2.75) is 39.2 Å². The van der Waals surface area contributed by atoms with E-state index < -0.39 is 0 Å². The van der Waals surface area contributed by atoms with Crippen LogP contribution in [0.25, 0.3) is 0 Å². The molecular weight excluding hydrogens is 382 g/mol. The molecule has 4 N–H and O–H groups in total. The SMILES string of the molecule is CCNC(=NCc1cccc(NC(=O)N2CCCC2)c1)NCC1(CCO)CCOC1. The number of anilines is 1. The second-order valence-corrected chi connectivity index (χ2v) is 8.15. The van der Waals surface area contributed by atoms with Crippen molar-refractivity contribution in [1.82, 2.24) is 15.5 Å². The van der Waals surface area contributed by atoms with Crippen LogP contribution in [-0.2, 0) is 11.3 Å². The van der Waals surface area contributed by atoms with Gasteiger partial charge in [0.05, 0.1) is 13.2 Å². The Morgan fingerprint density at radius 1 is 1.30 bits per heavy atom. The minimum absolute atomic E-state index is 0.0314. The van der Waals surface area contributed by atoms with Crippen LogP contribution in [0.15, 0.2) is 29.3 Å². The first kappa shape index (κ1) is 22.4.